The molecule has 1 atom stereocenters. The van der Waals surface area contributed by atoms with Crippen LogP contribution in [0.2, 0.25) is 0 Å². The maximum Gasteiger partial charge on any atom is 0.0949 e. The predicted octanol–water partition coefficient (Wildman–Crippen LogP) is 2.00. The van der Waals surface area contributed by atoms with Crippen molar-refractivity contribution in [1.82, 2.24) is 4.90 Å². The van der Waals surface area contributed by atoms with Crippen molar-refractivity contribution < 1.29 is 0 Å². The van der Waals surface area contributed by atoms with Crippen LogP contribution in [0.25, 0.3) is 0 Å². The Labute approximate surface area is 91.1 Å². The lowest BCUT2D eigenvalue weighted by atomic mass is 10.0. The molecule has 0 fully saturated rings. The molecule has 0 aliphatic carbocycles. The molecule has 78 valence electrons. The smallest absolute Gasteiger partial charge is 0.0949 e. The Morgan fingerprint density at radius 1 is 1.20 bits per heavy atom. The topological polar surface area (TPSA) is 27.0 Å². The Hall–Kier alpha value is -1.33. The van der Waals surface area contributed by atoms with Gasteiger partial charge >= 0.3 is 0 Å². The number of fused-ring (bicyclic) bond motifs is 1. The van der Waals surface area contributed by atoms with Gasteiger partial charge in [-0.15, -0.1) is 0 Å². The Morgan fingerprint density at radius 2 is 1.73 bits per heavy atom. The lowest BCUT2D eigenvalue weighted by Gasteiger charge is -2.21. The molecule has 2 nitrogen and oxygen atoms in total. The Kier molecular flexibility index (Phi) is 3.03. The van der Waals surface area contributed by atoms with Gasteiger partial charge in [0.25, 0.3) is 0 Å². The van der Waals surface area contributed by atoms with Crippen LogP contribution in [-0.4, -0.2) is 24.0 Å². The van der Waals surface area contributed by atoms with E-state index in [4.69, 9.17) is 5.26 Å². The summed E-state index contributed by atoms with van der Waals surface area (Å²) in [4.78, 5) is 2.26. The number of benzene rings is 1. The molecule has 0 saturated carbocycles. The molecular weight excluding hydrogens is 184 g/mol. The van der Waals surface area contributed by atoms with Gasteiger partial charge in [-0.2, -0.15) is 5.26 Å². The minimum absolute atomic E-state index is 0.0410. The number of nitrogens with zero attached hydrogens (tertiary/aromatic N) is 2. The molecule has 15 heavy (non-hydrogen) atoms. The quantitative estimate of drug-likeness (QED) is 0.693. The van der Waals surface area contributed by atoms with Gasteiger partial charge in [0.2, 0.25) is 0 Å². The van der Waals surface area contributed by atoms with E-state index in [-0.39, 0.29) is 6.04 Å². The van der Waals surface area contributed by atoms with Gasteiger partial charge in [0, 0.05) is 13.1 Å². The van der Waals surface area contributed by atoms with E-state index < -0.39 is 0 Å². The number of nitriles is 1. The minimum atomic E-state index is 0.0410. The number of hydrogen-bond donors (Lipinski definition) is 0. The van der Waals surface area contributed by atoms with E-state index in [2.05, 4.69) is 35.2 Å². The summed E-state index contributed by atoms with van der Waals surface area (Å²) in [6.07, 6.45) is 2.14. The van der Waals surface area contributed by atoms with Crippen LogP contribution in [0.15, 0.2) is 24.3 Å². The first-order valence-electron chi connectivity index (χ1n) is 5.51. The second kappa shape index (κ2) is 4.46. The summed E-state index contributed by atoms with van der Waals surface area (Å²) in [7, 11) is 0. The average molecular weight is 200 g/mol. The Balaban J connectivity index is 2.12. The van der Waals surface area contributed by atoms with Gasteiger partial charge in [-0.3, -0.25) is 4.90 Å². The van der Waals surface area contributed by atoms with E-state index in [1.165, 1.54) is 11.1 Å². The second-order valence-electron chi connectivity index (χ2n) is 4.11. The summed E-state index contributed by atoms with van der Waals surface area (Å²) in [6.45, 7) is 3.99. The SMILES string of the molecule is CC(C#N)N1CCc2ccccc2CC1. The van der Waals surface area contributed by atoms with Crippen LogP contribution in [0.3, 0.4) is 0 Å². The van der Waals surface area contributed by atoms with Crippen molar-refractivity contribution >= 4 is 0 Å². The van der Waals surface area contributed by atoms with Gasteiger partial charge < -0.3 is 0 Å². The second-order valence-corrected chi connectivity index (χ2v) is 4.11. The maximum atomic E-state index is 8.90. The first-order valence-corrected chi connectivity index (χ1v) is 5.51. The van der Waals surface area contributed by atoms with Gasteiger partial charge in [0.1, 0.15) is 0 Å². The van der Waals surface area contributed by atoms with Crippen LogP contribution >= 0.6 is 0 Å². The highest BCUT2D eigenvalue weighted by Gasteiger charge is 2.17. The zero-order chi connectivity index (χ0) is 10.7. The van der Waals surface area contributed by atoms with Crippen LogP contribution in [0.5, 0.6) is 0 Å². The van der Waals surface area contributed by atoms with Crippen LogP contribution in [-0.2, 0) is 12.8 Å². The third-order valence-electron chi connectivity index (χ3n) is 3.19. The maximum absolute atomic E-state index is 8.90. The Bertz CT molecular complexity index is 351. The molecule has 1 aromatic carbocycles. The molecule has 0 radical (unpaired) electrons. The van der Waals surface area contributed by atoms with Gasteiger partial charge in [-0.25, -0.2) is 0 Å². The van der Waals surface area contributed by atoms with Crippen molar-refractivity contribution in [2.24, 2.45) is 0 Å². The summed E-state index contributed by atoms with van der Waals surface area (Å²) in [5.74, 6) is 0. The van der Waals surface area contributed by atoms with E-state index in [0.29, 0.717) is 0 Å². The van der Waals surface area contributed by atoms with Crippen molar-refractivity contribution in [3.05, 3.63) is 35.4 Å². The molecular formula is C13H16N2. The molecule has 2 heteroatoms. The number of rotatable bonds is 1. The third-order valence-corrected chi connectivity index (χ3v) is 3.19. The molecule has 0 aromatic heterocycles. The first kappa shape index (κ1) is 10.2. The van der Waals surface area contributed by atoms with Crippen LogP contribution in [0.1, 0.15) is 18.1 Å². The van der Waals surface area contributed by atoms with Gasteiger partial charge in [0.05, 0.1) is 12.1 Å². The largest absolute Gasteiger partial charge is 0.288 e. The van der Waals surface area contributed by atoms with Gasteiger partial charge in [-0.1, -0.05) is 24.3 Å². The highest BCUT2D eigenvalue weighted by molar-refractivity contribution is 5.28. The molecule has 1 aliphatic rings. The fraction of sp³-hybridized carbons (Fsp3) is 0.462. The average Bonchev–Trinajstić information content (AvgIpc) is 2.50. The highest BCUT2D eigenvalue weighted by Crippen LogP contribution is 2.16. The fourth-order valence-corrected chi connectivity index (χ4v) is 2.15. The summed E-state index contributed by atoms with van der Waals surface area (Å²) in [5, 5.41) is 8.90. The monoisotopic (exact) mass is 200 g/mol. The molecule has 1 aromatic rings. The molecule has 1 unspecified atom stereocenters. The number of hydrogen-bond acceptors (Lipinski definition) is 2. The van der Waals surface area contributed by atoms with E-state index in [9.17, 15) is 0 Å². The first-order chi connectivity index (χ1) is 7.31. The lowest BCUT2D eigenvalue weighted by molar-refractivity contribution is 0.258. The van der Waals surface area contributed by atoms with Crippen molar-refractivity contribution in [1.29, 1.82) is 5.26 Å². The fourth-order valence-electron chi connectivity index (χ4n) is 2.15. The summed E-state index contributed by atoms with van der Waals surface area (Å²) in [5.41, 5.74) is 2.90. The van der Waals surface area contributed by atoms with Crippen molar-refractivity contribution in [2.75, 3.05) is 13.1 Å². The lowest BCUT2D eigenvalue weighted by Crippen LogP contribution is -2.34. The van der Waals surface area contributed by atoms with E-state index >= 15 is 0 Å². The predicted molar refractivity (Wildman–Crippen MR) is 60.5 cm³/mol. The zero-order valence-electron chi connectivity index (χ0n) is 9.11. The van der Waals surface area contributed by atoms with E-state index in [1.54, 1.807) is 0 Å². The van der Waals surface area contributed by atoms with E-state index in [1.807, 2.05) is 6.92 Å². The molecule has 1 aliphatic heterocycles. The molecule has 1 heterocycles. The van der Waals surface area contributed by atoms with Crippen LogP contribution in [0, 0.1) is 11.3 Å². The minimum Gasteiger partial charge on any atom is -0.288 e. The van der Waals surface area contributed by atoms with Gasteiger partial charge in [-0.05, 0) is 30.9 Å². The third kappa shape index (κ3) is 2.19. The summed E-state index contributed by atoms with van der Waals surface area (Å²) >= 11 is 0. The van der Waals surface area contributed by atoms with Crippen molar-refractivity contribution in [2.45, 2.75) is 25.8 Å². The Morgan fingerprint density at radius 3 is 2.20 bits per heavy atom. The van der Waals surface area contributed by atoms with Crippen LogP contribution in [0.4, 0.5) is 0 Å². The standard InChI is InChI=1S/C13H16N2/c1-11(10-14)15-8-6-12-4-2-3-5-13(12)7-9-15/h2-5,11H,6-9H2,1H3. The van der Waals surface area contributed by atoms with Crippen molar-refractivity contribution in [3.8, 4) is 6.07 Å². The van der Waals surface area contributed by atoms with Crippen LogP contribution < -0.4 is 0 Å². The molecule has 0 amide bonds. The summed E-state index contributed by atoms with van der Waals surface area (Å²) < 4.78 is 0. The highest BCUT2D eigenvalue weighted by atomic mass is 15.1. The van der Waals surface area contributed by atoms with E-state index in [0.717, 1.165) is 25.9 Å². The molecule has 0 N–H and O–H groups in total. The van der Waals surface area contributed by atoms with Crippen molar-refractivity contribution in [3.63, 3.8) is 0 Å². The molecule has 2 rings (SSSR count). The molecule has 0 spiro atoms. The normalized spacial score (nSPS) is 18.7. The summed E-state index contributed by atoms with van der Waals surface area (Å²) in [6, 6.07) is 11.0. The molecule has 0 saturated heterocycles. The van der Waals surface area contributed by atoms with Gasteiger partial charge in [0.15, 0.2) is 0 Å². The molecule has 0 bridgehead atoms. The zero-order valence-corrected chi connectivity index (χ0v) is 9.11.